The number of hydrogen-bond acceptors (Lipinski definition) is 4. The van der Waals surface area contributed by atoms with Gasteiger partial charge in [-0.2, -0.15) is 5.26 Å². The molecule has 1 aromatic heterocycles. The maximum Gasteiger partial charge on any atom is 0.282 e. The summed E-state index contributed by atoms with van der Waals surface area (Å²) in [4.78, 5) is 11.9. The topological polar surface area (TPSA) is 79.9 Å². The van der Waals surface area contributed by atoms with Crippen LogP contribution in [0.1, 0.15) is 11.1 Å². The molecule has 0 saturated carbocycles. The summed E-state index contributed by atoms with van der Waals surface area (Å²) in [7, 11) is -3.97. The predicted octanol–water partition coefficient (Wildman–Crippen LogP) is 1.27. The Morgan fingerprint density at radius 1 is 1.16 bits per heavy atom. The minimum absolute atomic E-state index is 0.00953. The quantitative estimate of drug-likeness (QED) is 0.825. The van der Waals surface area contributed by atoms with Crippen molar-refractivity contribution in [1.82, 2.24) is 3.97 Å². The molecular weight excluding hydrogens is 264 g/mol. The van der Waals surface area contributed by atoms with Crippen molar-refractivity contribution >= 4 is 10.0 Å². The summed E-state index contributed by atoms with van der Waals surface area (Å²) < 4.78 is 25.2. The van der Waals surface area contributed by atoms with Crippen molar-refractivity contribution in [3.8, 4) is 6.07 Å². The van der Waals surface area contributed by atoms with E-state index in [1.54, 1.807) is 18.2 Å². The fraction of sp³-hybridized carbons (Fsp3) is 0.0769. The Kier molecular flexibility index (Phi) is 3.23. The highest BCUT2D eigenvalue weighted by Gasteiger charge is 2.19. The lowest BCUT2D eigenvalue weighted by atomic mass is 10.2. The van der Waals surface area contributed by atoms with Crippen LogP contribution in [0.25, 0.3) is 0 Å². The van der Waals surface area contributed by atoms with Crippen LogP contribution < -0.4 is 5.56 Å². The molecule has 2 rings (SSSR count). The van der Waals surface area contributed by atoms with Crippen molar-refractivity contribution < 1.29 is 8.42 Å². The molecule has 0 spiro atoms. The molecule has 0 atom stereocenters. The summed E-state index contributed by atoms with van der Waals surface area (Å²) in [6.45, 7) is 1.83. The molecule has 0 amide bonds. The second-order valence-corrected chi connectivity index (χ2v) is 5.77. The van der Waals surface area contributed by atoms with E-state index in [2.05, 4.69) is 0 Å². The van der Waals surface area contributed by atoms with Crippen molar-refractivity contribution in [3.05, 3.63) is 64.1 Å². The molecule has 0 saturated heterocycles. The molecule has 2 aromatic rings. The summed E-state index contributed by atoms with van der Waals surface area (Å²) in [5, 5.41) is 8.76. The Morgan fingerprint density at radius 2 is 1.79 bits per heavy atom. The van der Waals surface area contributed by atoms with E-state index in [0.717, 1.165) is 11.8 Å². The second kappa shape index (κ2) is 4.71. The minimum atomic E-state index is -3.97. The van der Waals surface area contributed by atoms with Crippen LogP contribution in [0.15, 0.2) is 52.3 Å². The van der Waals surface area contributed by atoms with Crippen LogP contribution in [0.3, 0.4) is 0 Å². The molecule has 0 bridgehead atoms. The first kappa shape index (κ1) is 13.1. The Balaban J connectivity index is 2.68. The van der Waals surface area contributed by atoms with E-state index in [4.69, 9.17) is 5.26 Å². The first-order chi connectivity index (χ1) is 8.96. The fourth-order valence-electron chi connectivity index (χ4n) is 1.57. The van der Waals surface area contributed by atoms with Gasteiger partial charge in [-0.25, -0.2) is 12.4 Å². The zero-order valence-electron chi connectivity index (χ0n) is 10.1. The van der Waals surface area contributed by atoms with Gasteiger partial charge in [0.15, 0.2) is 0 Å². The van der Waals surface area contributed by atoms with Crippen molar-refractivity contribution in [1.29, 1.82) is 5.26 Å². The van der Waals surface area contributed by atoms with Crippen molar-refractivity contribution in [3.63, 3.8) is 0 Å². The van der Waals surface area contributed by atoms with Crippen LogP contribution in [0.5, 0.6) is 0 Å². The van der Waals surface area contributed by atoms with E-state index < -0.39 is 15.6 Å². The number of nitriles is 1. The van der Waals surface area contributed by atoms with Crippen LogP contribution in [-0.2, 0) is 10.0 Å². The monoisotopic (exact) mass is 274 g/mol. The van der Waals surface area contributed by atoms with Crippen LogP contribution in [-0.4, -0.2) is 12.4 Å². The molecular formula is C13H10N2O3S. The summed E-state index contributed by atoms with van der Waals surface area (Å²) in [6, 6.07) is 10.4. The van der Waals surface area contributed by atoms with Gasteiger partial charge in [-0.3, -0.25) is 4.79 Å². The van der Waals surface area contributed by atoms with Gasteiger partial charge in [-0.05, 0) is 31.2 Å². The molecule has 0 unspecified atom stereocenters. The Hall–Kier alpha value is -2.39. The van der Waals surface area contributed by atoms with E-state index in [1.165, 1.54) is 24.3 Å². The average Bonchev–Trinajstić information content (AvgIpc) is 2.39. The highest BCUT2D eigenvalue weighted by atomic mass is 32.2. The van der Waals surface area contributed by atoms with E-state index in [1.807, 2.05) is 6.92 Å². The minimum Gasteiger partial charge on any atom is -0.267 e. The number of nitrogens with zero attached hydrogens (tertiary/aromatic N) is 2. The largest absolute Gasteiger partial charge is 0.282 e. The van der Waals surface area contributed by atoms with E-state index in [-0.39, 0.29) is 10.5 Å². The van der Waals surface area contributed by atoms with Gasteiger partial charge >= 0.3 is 0 Å². The molecule has 1 aromatic carbocycles. The number of aryl methyl sites for hydroxylation is 1. The van der Waals surface area contributed by atoms with Crippen LogP contribution in [0, 0.1) is 18.3 Å². The molecule has 0 aliphatic carbocycles. The maximum atomic E-state index is 12.3. The van der Waals surface area contributed by atoms with E-state index in [9.17, 15) is 13.2 Å². The molecule has 19 heavy (non-hydrogen) atoms. The molecule has 0 N–H and O–H groups in total. The van der Waals surface area contributed by atoms with Crippen molar-refractivity contribution in [2.75, 3.05) is 0 Å². The molecule has 0 fully saturated rings. The second-order valence-electron chi connectivity index (χ2n) is 3.95. The van der Waals surface area contributed by atoms with Gasteiger partial charge in [0.05, 0.1) is 4.90 Å². The van der Waals surface area contributed by atoms with Crippen molar-refractivity contribution in [2.24, 2.45) is 0 Å². The number of pyridine rings is 1. The third kappa shape index (κ3) is 2.28. The highest BCUT2D eigenvalue weighted by molar-refractivity contribution is 7.90. The molecule has 6 heteroatoms. The van der Waals surface area contributed by atoms with E-state index >= 15 is 0 Å². The summed E-state index contributed by atoms with van der Waals surface area (Å²) in [5.41, 5.74) is -0.138. The third-order valence-corrected chi connectivity index (χ3v) is 4.29. The summed E-state index contributed by atoms with van der Waals surface area (Å²) in [6.07, 6.45) is 1.14. The Labute approximate surface area is 110 Å². The standard InChI is InChI=1S/C13H10N2O3S/c1-10-4-6-12(7-5-10)19(17,18)15-8-2-3-11(9-14)13(15)16/h2-8H,1H3. The first-order valence-electron chi connectivity index (χ1n) is 5.41. The normalized spacial score (nSPS) is 10.9. The van der Waals surface area contributed by atoms with Gasteiger partial charge in [-0.15, -0.1) is 0 Å². The van der Waals surface area contributed by atoms with Gasteiger partial charge in [0, 0.05) is 6.20 Å². The maximum absolute atomic E-state index is 12.3. The van der Waals surface area contributed by atoms with Crippen LogP contribution >= 0.6 is 0 Å². The van der Waals surface area contributed by atoms with Crippen LogP contribution in [0.4, 0.5) is 0 Å². The molecule has 0 aliphatic heterocycles. The third-order valence-electron chi connectivity index (χ3n) is 2.61. The van der Waals surface area contributed by atoms with Gasteiger partial charge in [0.2, 0.25) is 0 Å². The molecule has 96 valence electrons. The Bertz CT molecular complexity index is 812. The van der Waals surface area contributed by atoms with Crippen molar-refractivity contribution in [2.45, 2.75) is 11.8 Å². The zero-order valence-corrected chi connectivity index (χ0v) is 10.9. The van der Waals surface area contributed by atoms with E-state index in [0.29, 0.717) is 3.97 Å². The van der Waals surface area contributed by atoms with Gasteiger partial charge < -0.3 is 0 Å². The van der Waals surface area contributed by atoms with Gasteiger partial charge in [-0.1, -0.05) is 17.7 Å². The predicted molar refractivity (Wildman–Crippen MR) is 69.2 cm³/mol. The smallest absolute Gasteiger partial charge is 0.267 e. The number of hydrogen-bond donors (Lipinski definition) is 0. The lowest BCUT2D eigenvalue weighted by Gasteiger charge is -2.07. The molecule has 5 nitrogen and oxygen atoms in total. The number of benzene rings is 1. The molecule has 1 heterocycles. The average molecular weight is 274 g/mol. The summed E-state index contributed by atoms with van der Waals surface area (Å²) >= 11 is 0. The Morgan fingerprint density at radius 3 is 2.37 bits per heavy atom. The first-order valence-corrected chi connectivity index (χ1v) is 6.85. The number of aromatic nitrogens is 1. The van der Waals surface area contributed by atoms with Crippen LogP contribution in [0.2, 0.25) is 0 Å². The lowest BCUT2D eigenvalue weighted by Crippen LogP contribution is -2.28. The molecule has 0 aliphatic rings. The SMILES string of the molecule is Cc1ccc(S(=O)(=O)n2cccc(C#N)c2=O)cc1. The van der Waals surface area contributed by atoms with Gasteiger partial charge in [0.1, 0.15) is 11.6 Å². The van der Waals surface area contributed by atoms with Gasteiger partial charge in [0.25, 0.3) is 15.6 Å². The lowest BCUT2D eigenvalue weighted by molar-refractivity contribution is 0.585. The summed E-state index contributed by atoms with van der Waals surface area (Å²) in [5.74, 6) is 0. The zero-order chi connectivity index (χ0) is 14.0. The fourth-order valence-corrected chi connectivity index (χ4v) is 2.83. The highest BCUT2D eigenvalue weighted by Crippen LogP contribution is 2.12. The molecule has 0 radical (unpaired) electrons. The number of rotatable bonds is 2.